The Morgan fingerprint density at radius 2 is 1.97 bits per heavy atom. The zero-order chi connectivity index (χ0) is 22.1. The Balaban J connectivity index is 1.42. The Morgan fingerprint density at radius 1 is 1.23 bits per heavy atom. The van der Waals surface area contributed by atoms with Crippen LogP contribution in [0.3, 0.4) is 0 Å². The Hall–Kier alpha value is -2.10. The van der Waals surface area contributed by atoms with Crippen molar-refractivity contribution in [3.8, 4) is 0 Å². The summed E-state index contributed by atoms with van der Waals surface area (Å²) in [6.45, 7) is 6.17. The van der Waals surface area contributed by atoms with Gasteiger partial charge in [0.2, 0.25) is 5.95 Å². The Morgan fingerprint density at radius 3 is 2.65 bits per heavy atom. The monoisotopic (exact) mass is 442 g/mol. The average Bonchev–Trinajstić information content (AvgIpc) is 3.28. The number of anilines is 1. The van der Waals surface area contributed by atoms with E-state index in [1.54, 1.807) is 0 Å². The normalized spacial score (nSPS) is 19.1. The van der Waals surface area contributed by atoms with Crippen LogP contribution in [0.25, 0.3) is 0 Å². The minimum atomic E-state index is -4.48. The molecule has 174 valence electrons. The van der Waals surface area contributed by atoms with Crippen LogP contribution in [-0.2, 0) is 10.9 Å². The molecule has 7 nitrogen and oxygen atoms in total. The fourth-order valence-electron chi connectivity index (χ4n) is 4.04. The third-order valence-corrected chi connectivity index (χ3v) is 5.72. The van der Waals surface area contributed by atoms with Crippen LogP contribution in [0.1, 0.15) is 51.1 Å². The molecule has 0 amide bonds. The largest absolute Gasteiger partial charge is 0.433 e. The van der Waals surface area contributed by atoms with Crippen LogP contribution in [0.2, 0.25) is 0 Å². The molecule has 2 N–H and O–H groups in total. The number of guanidine groups is 1. The van der Waals surface area contributed by atoms with E-state index in [0.29, 0.717) is 19.2 Å². The third kappa shape index (κ3) is 7.52. The maximum absolute atomic E-state index is 12.7. The van der Waals surface area contributed by atoms with E-state index in [1.165, 1.54) is 25.7 Å². The van der Waals surface area contributed by atoms with Crippen molar-refractivity contribution in [2.75, 3.05) is 44.6 Å². The molecule has 1 saturated carbocycles. The molecule has 1 aromatic rings. The first kappa shape index (κ1) is 23.6. The molecule has 1 saturated heterocycles. The van der Waals surface area contributed by atoms with Gasteiger partial charge in [0.05, 0.1) is 12.6 Å². The summed E-state index contributed by atoms with van der Waals surface area (Å²) in [7, 11) is 0. The van der Waals surface area contributed by atoms with Gasteiger partial charge in [-0.3, -0.25) is 4.99 Å². The highest BCUT2D eigenvalue weighted by molar-refractivity contribution is 5.80. The molecule has 0 radical (unpaired) electrons. The molecule has 2 aliphatic rings. The standard InChI is InChI=1S/C21H33F3N6O/c1-2-25-20(28-12-11-27-19-26-10-7-18(29-19)21(22,23)24)30-13-8-17(9-14-30)31-15-16-5-3-4-6-16/h7,10,16-17H,2-6,8-9,11-15H2,1H3,(H,25,28)(H,26,27,29). The smallest absolute Gasteiger partial charge is 0.378 e. The van der Waals surface area contributed by atoms with Crippen molar-refractivity contribution < 1.29 is 17.9 Å². The van der Waals surface area contributed by atoms with Crippen molar-refractivity contribution >= 4 is 11.9 Å². The number of alkyl halides is 3. The van der Waals surface area contributed by atoms with Gasteiger partial charge in [0, 0.05) is 39.0 Å². The molecular weight excluding hydrogens is 409 g/mol. The lowest BCUT2D eigenvalue weighted by Crippen LogP contribution is -2.47. The van der Waals surface area contributed by atoms with Gasteiger partial charge in [-0.2, -0.15) is 13.2 Å². The zero-order valence-electron chi connectivity index (χ0n) is 18.1. The Kier molecular flexibility index (Phi) is 8.74. The summed E-state index contributed by atoms with van der Waals surface area (Å²) in [6.07, 6.45) is 4.17. The molecule has 3 rings (SSSR count). The van der Waals surface area contributed by atoms with E-state index >= 15 is 0 Å². The molecule has 0 unspecified atom stereocenters. The van der Waals surface area contributed by atoms with E-state index in [4.69, 9.17) is 4.74 Å². The summed E-state index contributed by atoms with van der Waals surface area (Å²) >= 11 is 0. The highest BCUT2D eigenvalue weighted by atomic mass is 19.4. The number of aromatic nitrogens is 2. The molecule has 1 aliphatic heterocycles. The van der Waals surface area contributed by atoms with E-state index in [-0.39, 0.29) is 5.95 Å². The summed E-state index contributed by atoms with van der Waals surface area (Å²) in [6, 6.07) is 0.855. The van der Waals surface area contributed by atoms with Crippen molar-refractivity contribution in [3.05, 3.63) is 18.0 Å². The summed E-state index contributed by atoms with van der Waals surface area (Å²) in [5, 5.41) is 6.11. The Bertz CT molecular complexity index is 701. The van der Waals surface area contributed by atoms with Gasteiger partial charge in [0.15, 0.2) is 5.96 Å². The number of aliphatic imine (C=N–C) groups is 1. The van der Waals surface area contributed by atoms with Crippen molar-refractivity contribution in [3.63, 3.8) is 0 Å². The maximum Gasteiger partial charge on any atom is 0.433 e. The zero-order valence-corrected chi connectivity index (χ0v) is 18.1. The lowest BCUT2D eigenvalue weighted by Gasteiger charge is -2.34. The van der Waals surface area contributed by atoms with E-state index in [9.17, 15) is 13.2 Å². The molecular formula is C21H33F3N6O. The number of nitrogens with zero attached hydrogens (tertiary/aromatic N) is 4. The first-order valence-corrected chi connectivity index (χ1v) is 11.2. The third-order valence-electron chi connectivity index (χ3n) is 5.72. The number of ether oxygens (including phenoxy) is 1. The van der Waals surface area contributed by atoms with Crippen LogP contribution in [0, 0.1) is 5.92 Å². The second kappa shape index (κ2) is 11.5. The SMILES string of the molecule is CCNC(=NCCNc1nccc(C(F)(F)F)n1)N1CCC(OCC2CCCC2)CC1. The van der Waals surface area contributed by atoms with Gasteiger partial charge in [-0.25, -0.2) is 9.97 Å². The Labute approximate surface area is 181 Å². The van der Waals surface area contributed by atoms with Crippen LogP contribution in [0.15, 0.2) is 17.3 Å². The van der Waals surface area contributed by atoms with E-state index in [0.717, 1.165) is 63.2 Å². The van der Waals surface area contributed by atoms with Crippen LogP contribution >= 0.6 is 0 Å². The summed E-state index contributed by atoms with van der Waals surface area (Å²) in [5.74, 6) is 1.52. The molecule has 0 aromatic carbocycles. The molecule has 1 aliphatic carbocycles. The van der Waals surface area contributed by atoms with Crippen LogP contribution in [0.5, 0.6) is 0 Å². The number of hydrogen-bond donors (Lipinski definition) is 2. The molecule has 0 spiro atoms. The second-order valence-electron chi connectivity index (χ2n) is 8.10. The average molecular weight is 443 g/mol. The predicted octanol–water partition coefficient (Wildman–Crippen LogP) is 3.54. The highest BCUT2D eigenvalue weighted by Crippen LogP contribution is 2.28. The number of piperidine rings is 1. The van der Waals surface area contributed by atoms with Gasteiger partial charge in [0.25, 0.3) is 0 Å². The fraction of sp³-hybridized carbons (Fsp3) is 0.762. The highest BCUT2D eigenvalue weighted by Gasteiger charge is 2.32. The summed E-state index contributed by atoms with van der Waals surface area (Å²) < 4.78 is 44.4. The molecule has 31 heavy (non-hydrogen) atoms. The van der Waals surface area contributed by atoms with Gasteiger partial charge in [0.1, 0.15) is 5.69 Å². The number of rotatable bonds is 8. The van der Waals surface area contributed by atoms with Crippen molar-refractivity contribution in [1.82, 2.24) is 20.2 Å². The van der Waals surface area contributed by atoms with Crippen LogP contribution in [-0.4, -0.2) is 66.3 Å². The van der Waals surface area contributed by atoms with Crippen molar-refractivity contribution in [2.45, 2.75) is 57.7 Å². The summed E-state index contributed by atoms with van der Waals surface area (Å²) in [5.41, 5.74) is -0.958. The number of nitrogens with one attached hydrogen (secondary N) is 2. The molecule has 10 heteroatoms. The minimum Gasteiger partial charge on any atom is -0.378 e. The van der Waals surface area contributed by atoms with Gasteiger partial charge < -0.3 is 20.3 Å². The van der Waals surface area contributed by atoms with Gasteiger partial charge in [-0.1, -0.05) is 12.8 Å². The first-order chi connectivity index (χ1) is 15.0. The van der Waals surface area contributed by atoms with Crippen molar-refractivity contribution in [1.29, 1.82) is 0 Å². The first-order valence-electron chi connectivity index (χ1n) is 11.2. The van der Waals surface area contributed by atoms with E-state index < -0.39 is 11.9 Å². The minimum absolute atomic E-state index is 0.0461. The van der Waals surface area contributed by atoms with E-state index in [2.05, 4.69) is 30.5 Å². The van der Waals surface area contributed by atoms with Crippen LogP contribution < -0.4 is 10.6 Å². The van der Waals surface area contributed by atoms with Gasteiger partial charge in [-0.15, -0.1) is 0 Å². The van der Waals surface area contributed by atoms with Gasteiger partial charge in [-0.05, 0) is 44.6 Å². The topological polar surface area (TPSA) is 74.7 Å². The number of likely N-dealkylation sites (tertiary alicyclic amines) is 1. The van der Waals surface area contributed by atoms with E-state index in [1.807, 2.05) is 6.92 Å². The number of hydrogen-bond acceptors (Lipinski definition) is 5. The quantitative estimate of drug-likeness (QED) is 0.364. The van der Waals surface area contributed by atoms with Gasteiger partial charge >= 0.3 is 6.18 Å². The predicted molar refractivity (Wildman–Crippen MR) is 114 cm³/mol. The molecule has 2 fully saturated rings. The maximum atomic E-state index is 12.7. The fourth-order valence-corrected chi connectivity index (χ4v) is 4.04. The lowest BCUT2D eigenvalue weighted by atomic mass is 10.1. The van der Waals surface area contributed by atoms with Crippen molar-refractivity contribution in [2.24, 2.45) is 10.9 Å². The molecule has 0 atom stereocenters. The molecule has 1 aromatic heterocycles. The molecule has 0 bridgehead atoms. The molecule has 2 heterocycles. The van der Waals surface area contributed by atoms with Crippen LogP contribution in [0.4, 0.5) is 19.1 Å². The number of halogens is 3. The second-order valence-corrected chi connectivity index (χ2v) is 8.10. The lowest BCUT2D eigenvalue weighted by molar-refractivity contribution is -0.141. The summed E-state index contributed by atoms with van der Waals surface area (Å²) in [4.78, 5) is 14.2.